The minimum Gasteiger partial charge on any atom is -0.469 e. The molecule has 4 aromatic rings. The number of esters is 2. The molecule has 0 spiro atoms. The SMILES string of the molecule is CC.CC.COC(=O)C1C[C@@H](C(=O)N(C)c2c(C)c(C)c(C)c(C)c2C)[C@H](c2noc(C)c2C)C1.COC(=O)[C@H]1C[C@H](C(=O)N(C)c2c(C)c(C)c(C)c(C)c2C)[C@@H](c2noc(C)c2C)C1.[U].[U]. The largest absolute Gasteiger partial charge is 0.469 e. The standard InChI is InChI=1S/2C25H34N2O4.2C2H6.2U/c2*1-12-13(2)15(4)23(16(5)14(12)3)27(8)24(28)21-11-19(25(29)30-9)10-20(21)22-17(6)18(7)31-26-22;2*1-2;;/h2*19-21H,10-11H2,1-9H3;2*1-2H3;;/t19?,20-,21-;19-,20+,21+;;;;/m11..../s1. The van der Waals surface area contributed by atoms with Crippen LogP contribution >= 0.6 is 0 Å². The van der Waals surface area contributed by atoms with Gasteiger partial charge in [-0.15, -0.1) is 0 Å². The van der Waals surface area contributed by atoms with Gasteiger partial charge in [-0.05, 0) is 178 Å². The number of rotatable bonds is 8. The minimum absolute atomic E-state index is 0. The molecule has 0 aliphatic heterocycles. The summed E-state index contributed by atoms with van der Waals surface area (Å²) in [6, 6.07) is 0. The van der Waals surface area contributed by atoms with E-state index >= 15 is 0 Å². The molecule has 2 amide bonds. The number of anilines is 2. The summed E-state index contributed by atoms with van der Waals surface area (Å²) in [6.45, 7) is 36.6. The molecule has 372 valence electrons. The van der Waals surface area contributed by atoms with Gasteiger partial charge in [-0.3, -0.25) is 19.2 Å². The van der Waals surface area contributed by atoms with Gasteiger partial charge in [-0.1, -0.05) is 38.0 Å². The smallest absolute Gasteiger partial charge is 0.308 e. The van der Waals surface area contributed by atoms with Crippen LogP contribution in [-0.4, -0.2) is 62.4 Å². The number of carbonyl (C=O) groups is 4. The second-order valence-corrected chi connectivity index (χ2v) is 18.0. The number of nitrogens with zero attached hydrogens (tertiary/aromatic N) is 4. The first-order chi connectivity index (χ1) is 31.0. The first-order valence-electron chi connectivity index (χ1n) is 23.7. The number of aryl methyl sites for hydroxylation is 2. The summed E-state index contributed by atoms with van der Waals surface area (Å²) in [5, 5.41) is 8.52. The monoisotopic (exact) mass is 1390 g/mol. The van der Waals surface area contributed by atoms with Crippen LogP contribution in [0.1, 0.15) is 155 Å². The summed E-state index contributed by atoms with van der Waals surface area (Å²) >= 11 is 0. The van der Waals surface area contributed by atoms with Crippen LogP contribution in [-0.2, 0) is 28.7 Å². The fraction of sp³-hybridized carbons (Fsp3) is 0.593. The van der Waals surface area contributed by atoms with Crippen LogP contribution < -0.4 is 9.80 Å². The Hall–Kier alpha value is -3.16. The number of aromatic nitrogens is 2. The van der Waals surface area contributed by atoms with E-state index in [9.17, 15) is 19.2 Å². The van der Waals surface area contributed by atoms with Crippen molar-refractivity contribution in [2.24, 2.45) is 23.7 Å². The molecular formula is C54H80N4O8U2. The third-order valence-electron chi connectivity index (χ3n) is 15.2. The number of amides is 2. The summed E-state index contributed by atoms with van der Waals surface area (Å²) in [7, 11) is 6.48. The van der Waals surface area contributed by atoms with Gasteiger partial charge in [0.25, 0.3) is 0 Å². The molecule has 0 saturated heterocycles. The molecule has 2 aliphatic rings. The molecule has 2 fully saturated rings. The molecule has 2 saturated carbocycles. The fourth-order valence-electron chi connectivity index (χ4n) is 10.2. The second kappa shape index (κ2) is 26.9. The number of carbonyl (C=O) groups excluding carboxylic acids is 4. The van der Waals surface area contributed by atoms with E-state index in [1.807, 2.05) is 69.5 Å². The number of methoxy groups -OCH3 is 2. The van der Waals surface area contributed by atoms with Crippen molar-refractivity contribution in [2.45, 2.75) is 162 Å². The van der Waals surface area contributed by atoms with Crippen LogP contribution in [0.2, 0.25) is 0 Å². The zero-order valence-corrected chi connectivity index (χ0v) is 53.7. The summed E-state index contributed by atoms with van der Waals surface area (Å²) in [5.41, 5.74) is 17.2. The van der Waals surface area contributed by atoms with Crippen molar-refractivity contribution in [1.82, 2.24) is 10.3 Å². The Morgan fingerprint density at radius 3 is 0.912 bits per heavy atom. The maximum Gasteiger partial charge on any atom is 0.308 e. The molecule has 2 aliphatic carbocycles. The summed E-state index contributed by atoms with van der Waals surface area (Å²) in [5.74, 6) is -0.762. The van der Waals surface area contributed by atoms with Gasteiger partial charge in [0.2, 0.25) is 11.8 Å². The summed E-state index contributed by atoms with van der Waals surface area (Å²) in [6.07, 6.45) is 1.98. The van der Waals surface area contributed by atoms with E-state index in [-0.39, 0.29) is 121 Å². The molecule has 6 rings (SSSR count). The van der Waals surface area contributed by atoms with Gasteiger partial charge in [0.15, 0.2) is 0 Å². The van der Waals surface area contributed by atoms with Crippen molar-refractivity contribution in [2.75, 3.05) is 38.1 Å². The van der Waals surface area contributed by atoms with E-state index in [1.54, 1.807) is 9.80 Å². The third kappa shape index (κ3) is 12.5. The summed E-state index contributed by atoms with van der Waals surface area (Å²) in [4.78, 5) is 55.9. The van der Waals surface area contributed by atoms with Crippen LogP contribution in [0.25, 0.3) is 0 Å². The van der Waals surface area contributed by atoms with E-state index < -0.39 is 0 Å². The van der Waals surface area contributed by atoms with Crippen molar-refractivity contribution in [3.05, 3.63) is 89.7 Å². The Labute approximate surface area is 455 Å². The Balaban J connectivity index is 0.000000617. The molecule has 2 aromatic heterocycles. The van der Waals surface area contributed by atoms with Gasteiger partial charge in [-0.2, -0.15) is 0 Å². The van der Waals surface area contributed by atoms with Gasteiger partial charge in [0, 0.05) is 122 Å². The van der Waals surface area contributed by atoms with Gasteiger partial charge in [-0.25, -0.2) is 0 Å². The Bertz CT molecular complexity index is 2200. The maximum atomic E-state index is 13.8. The summed E-state index contributed by atoms with van der Waals surface area (Å²) < 4.78 is 20.8. The molecule has 12 nitrogen and oxygen atoms in total. The van der Waals surface area contributed by atoms with Crippen LogP contribution in [0.5, 0.6) is 0 Å². The van der Waals surface area contributed by atoms with E-state index in [4.69, 9.17) is 18.5 Å². The van der Waals surface area contributed by atoms with Crippen molar-refractivity contribution in [3.63, 3.8) is 0 Å². The average molecular weight is 1390 g/mol. The van der Waals surface area contributed by atoms with E-state index in [1.165, 1.54) is 47.6 Å². The van der Waals surface area contributed by atoms with Crippen LogP contribution in [0.3, 0.4) is 0 Å². The molecule has 2 heterocycles. The molecular weight excluding hydrogens is 1310 g/mol. The molecule has 68 heavy (non-hydrogen) atoms. The van der Waals surface area contributed by atoms with Gasteiger partial charge in [0.1, 0.15) is 11.5 Å². The predicted octanol–water partition coefficient (Wildman–Crippen LogP) is 11.6. The molecule has 0 N–H and O–H groups in total. The van der Waals surface area contributed by atoms with Crippen molar-refractivity contribution >= 4 is 35.1 Å². The topological polar surface area (TPSA) is 145 Å². The third-order valence-corrected chi connectivity index (χ3v) is 15.2. The Kier molecular flexibility index (Phi) is 24.9. The molecule has 0 radical (unpaired) electrons. The van der Waals surface area contributed by atoms with E-state index in [2.05, 4.69) is 79.6 Å². The zero-order chi connectivity index (χ0) is 50.4. The molecule has 14 heteroatoms. The molecule has 0 bridgehead atoms. The zero-order valence-electron chi connectivity index (χ0n) is 45.3. The van der Waals surface area contributed by atoms with Crippen LogP contribution in [0, 0.1) is 183 Å². The Morgan fingerprint density at radius 2 is 0.691 bits per heavy atom. The van der Waals surface area contributed by atoms with Gasteiger partial charge in [0.05, 0.1) is 37.4 Å². The molecule has 2 aromatic carbocycles. The van der Waals surface area contributed by atoms with Gasteiger partial charge >= 0.3 is 11.9 Å². The number of benzene rings is 2. The second-order valence-electron chi connectivity index (χ2n) is 18.0. The molecule has 6 atom stereocenters. The Morgan fingerprint density at radius 1 is 0.441 bits per heavy atom. The van der Waals surface area contributed by atoms with Crippen molar-refractivity contribution in [3.8, 4) is 0 Å². The number of hydrogen-bond acceptors (Lipinski definition) is 10. The van der Waals surface area contributed by atoms with Crippen molar-refractivity contribution in [1.29, 1.82) is 0 Å². The first kappa shape index (κ1) is 62.9. The fourth-order valence-corrected chi connectivity index (χ4v) is 10.2. The minimum atomic E-state index is -0.363. The van der Waals surface area contributed by atoms with E-state index in [0.29, 0.717) is 25.7 Å². The maximum absolute atomic E-state index is 13.8. The number of hydrogen-bond donors (Lipinski definition) is 0. The quantitative estimate of drug-likeness (QED) is 0.156. The van der Waals surface area contributed by atoms with Crippen LogP contribution in [0.15, 0.2) is 9.05 Å². The van der Waals surface area contributed by atoms with Crippen LogP contribution in [0.4, 0.5) is 11.4 Å². The first-order valence-corrected chi connectivity index (χ1v) is 23.7. The van der Waals surface area contributed by atoms with E-state index in [0.717, 1.165) is 67.7 Å². The average Bonchev–Trinajstić information content (AvgIpc) is 4.12. The number of ether oxygens (including phenoxy) is 2. The van der Waals surface area contributed by atoms with Gasteiger partial charge < -0.3 is 28.3 Å². The van der Waals surface area contributed by atoms with Crippen molar-refractivity contribution < 1.29 is 99.9 Å². The normalized spacial score (nSPS) is 19.1. The molecule has 1 unspecified atom stereocenters. The predicted molar refractivity (Wildman–Crippen MR) is 264 cm³/mol.